The highest BCUT2D eigenvalue weighted by molar-refractivity contribution is 7.90. The molecule has 0 aliphatic heterocycles. The normalized spacial score (nSPS) is 11.6. The molecule has 0 fully saturated rings. The molecule has 2 N–H and O–H groups in total. The van der Waals surface area contributed by atoms with Crippen LogP contribution in [0.15, 0.2) is 45.2 Å². The first-order valence-corrected chi connectivity index (χ1v) is 11.5. The zero-order valence-electron chi connectivity index (χ0n) is 16.7. The van der Waals surface area contributed by atoms with Gasteiger partial charge in [-0.15, -0.1) is 5.10 Å². The maximum absolute atomic E-state index is 14.9. The Morgan fingerprint density at radius 1 is 1.28 bits per heavy atom. The Bertz CT molecular complexity index is 1460. The molecule has 3 heterocycles. The third-order valence-corrected chi connectivity index (χ3v) is 6.21. The second-order valence-corrected chi connectivity index (χ2v) is 8.99. The van der Waals surface area contributed by atoms with E-state index in [1.54, 1.807) is 25.1 Å². The van der Waals surface area contributed by atoms with E-state index in [0.717, 1.165) is 0 Å². The lowest BCUT2D eigenvalue weighted by atomic mass is 10.00. The molecule has 13 heteroatoms. The summed E-state index contributed by atoms with van der Waals surface area (Å²) in [4.78, 5) is 16.4. The van der Waals surface area contributed by atoms with Gasteiger partial charge in [0.2, 0.25) is 0 Å². The zero-order valence-corrected chi connectivity index (χ0v) is 18.4. The van der Waals surface area contributed by atoms with Crippen LogP contribution in [0, 0.1) is 12.7 Å². The van der Waals surface area contributed by atoms with E-state index in [2.05, 4.69) is 15.2 Å². The van der Waals surface area contributed by atoms with Gasteiger partial charge in [0.25, 0.3) is 15.4 Å². The van der Waals surface area contributed by atoms with E-state index in [4.69, 9.17) is 9.15 Å². The van der Waals surface area contributed by atoms with Crippen molar-refractivity contribution in [3.8, 4) is 10.9 Å². The quantitative estimate of drug-likeness (QED) is 0.388. The van der Waals surface area contributed by atoms with E-state index in [1.165, 1.54) is 36.2 Å². The lowest BCUT2D eigenvalue weighted by molar-refractivity contribution is 0.471. The van der Waals surface area contributed by atoms with E-state index in [-0.39, 0.29) is 17.5 Å². The van der Waals surface area contributed by atoms with Crippen molar-refractivity contribution in [2.75, 3.05) is 11.8 Å². The average molecular weight is 477 g/mol. The first kappa shape index (κ1) is 21.8. The highest BCUT2D eigenvalue weighted by Gasteiger charge is 2.19. The summed E-state index contributed by atoms with van der Waals surface area (Å²) in [5.41, 5.74) is 2.11. The number of ether oxygens (including phenoxy) is 1. The van der Waals surface area contributed by atoms with Crippen LogP contribution in [-0.2, 0) is 16.6 Å². The molecule has 1 aromatic carbocycles. The molecular weight excluding hydrogens is 461 g/mol. The summed E-state index contributed by atoms with van der Waals surface area (Å²) in [5, 5.41) is 8.48. The second kappa shape index (κ2) is 8.61. The number of hydrogen-bond donors (Lipinski definition) is 2. The smallest absolute Gasteiger partial charge is 0.340 e. The van der Waals surface area contributed by atoms with Gasteiger partial charge in [-0.05, 0) is 36.2 Å². The van der Waals surface area contributed by atoms with Crippen LogP contribution in [0.2, 0.25) is 0 Å². The fourth-order valence-corrected chi connectivity index (χ4v) is 3.93. The van der Waals surface area contributed by atoms with E-state index in [9.17, 15) is 17.6 Å². The number of benzene rings is 1. The number of anilines is 1. The van der Waals surface area contributed by atoms with Crippen LogP contribution in [0.25, 0.3) is 11.0 Å². The number of pyridine rings is 1. The Kier molecular flexibility index (Phi) is 5.86. The van der Waals surface area contributed by atoms with Crippen LogP contribution >= 0.6 is 11.3 Å². The Morgan fingerprint density at radius 3 is 2.81 bits per heavy atom. The van der Waals surface area contributed by atoms with E-state index in [1.807, 2.05) is 9.44 Å². The minimum atomic E-state index is -3.96. The maximum atomic E-state index is 14.9. The van der Waals surface area contributed by atoms with Crippen molar-refractivity contribution in [1.29, 1.82) is 0 Å². The topological polar surface area (TPSA) is 136 Å². The largest absolute Gasteiger partial charge is 0.430 e. The zero-order chi connectivity index (χ0) is 22.9. The molecule has 0 bridgehead atoms. The molecular formula is C19H16FN5O5S2. The maximum Gasteiger partial charge on any atom is 0.340 e. The van der Waals surface area contributed by atoms with Crippen LogP contribution in [0.1, 0.15) is 16.7 Å². The number of aryl methyl sites for hydroxylation is 1. The highest BCUT2D eigenvalue weighted by Crippen LogP contribution is 2.29. The summed E-state index contributed by atoms with van der Waals surface area (Å²) in [5.74, 6) is -0.935. The minimum absolute atomic E-state index is 0.0831. The highest BCUT2D eigenvalue weighted by atomic mass is 32.2. The third kappa shape index (κ3) is 4.44. The van der Waals surface area contributed by atoms with Crippen molar-refractivity contribution in [3.05, 3.63) is 68.9 Å². The molecule has 0 amide bonds. The molecule has 4 aromatic rings. The van der Waals surface area contributed by atoms with Crippen molar-refractivity contribution in [2.24, 2.45) is 0 Å². The van der Waals surface area contributed by atoms with Gasteiger partial charge in [0.05, 0.1) is 0 Å². The van der Waals surface area contributed by atoms with Gasteiger partial charge in [0.15, 0.2) is 11.6 Å². The SMILES string of the molecule is CNS(=O)(=O)Nc1nccc(Cc2c(C)c3ccc(Oc4nncs4)cc3oc2=O)c1F. The summed E-state index contributed by atoms with van der Waals surface area (Å²) >= 11 is 1.22. The Balaban J connectivity index is 1.69. The number of nitrogens with zero attached hydrogens (tertiary/aromatic N) is 3. The van der Waals surface area contributed by atoms with Gasteiger partial charge < -0.3 is 9.15 Å². The predicted molar refractivity (Wildman–Crippen MR) is 116 cm³/mol. The standard InChI is InChI=1S/C19H16FN5O5S2/c1-10-13-4-3-12(29-19-24-23-9-31-19)8-15(13)30-18(26)14(10)7-11-5-6-22-17(16(11)20)25-32(27,28)21-2/h3-6,8-9,21H,7H2,1-2H3,(H,22,25). The number of rotatable bonds is 7. The third-order valence-electron chi connectivity index (χ3n) is 4.64. The molecule has 10 nitrogen and oxygen atoms in total. The molecule has 0 saturated heterocycles. The first-order valence-electron chi connectivity index (χ1n) is 9.12. The molecule has 166 valence electrons. The van der Waals surface area contributed by atoms with Crippen LogP contribution in [0.3, 0.4) is 0 Å². The van der Waals surface area contributed by atoms with Crippen molar-refractivity contribution in [3.63, 3.8) is 0 Å². The van der Waals surface area contributed by atoms with Crippen molar-refractivity contribution in [2.45, 2.75) is 13.3 Å². The second-order valence-electron chi connectivity index (χ2n) is 6.58. The minimum Gasteiger partial charge on any atom is -0.430 e. The van der Waals surface area contributed by atoms with E-state index >= 15 is 0 Å². The van der Waals surface area contributed by atoms with Crippen LogP contribution in [0.5, 0.6) is 10.9 Å². The molecule has 0 saturated carbocycles. The molecule has 0 atom stereocenters. The monoisotopic (exact) mass is 477 g/mol. The van der Waals surface area contributed by atoms with Crippen LogP contribution in [-0.4, -0.2) is 30.6 Å². The van der Waals surface area contributed by atoms with Gasteiger partial charge in [-0.1, -0.05) is 16.4 Å². The van der Waals surface area contributed by atoms with E-state index < -0.39 is 27.5 Å². The first-order chi connectivity index (χ1) is 15.3. The molecule has 0 spiro atoms. The Labute approximate surface area is 185 Å². The van der Waals surface area contributed by atoms with Crippen LogP contribution in [0.4, 0.5) is 10.2 Å². The number of aromatic nitrogens is 3. The molecule has 32 heavy (non-hydrogen) atoms. The Morgan fingerprint density at radius 2 is 2.09 bits per heavy atom. The molecule has 0 aliphatic rings. The fraction of sp³-hybridized carbons (Fsp3) is 0.158. The Hall–Kier alpha value is -3.42. The number of hydrogen-bond acceptors (Lipinski definition) is 9. The summed E-state index contributed by atoms with van der Waals surface area (Å²) in [7, 11) is -2.78. The molecule has 4 rings (SSSR count). The van der Waals surface area contributed by atoms with Gasteiger partial charge in [0, 0.05) is 36.7 Å². The van der Waals surface area contributed by atoms with Gasteiger partial charge in [-0.3, -0.25) is 4.72 Å². The van der Waals surface area contributed by atoms with E-state index in [0.29, 0.717) is 27.5 Å². The molecule has 0 aliphatic carbocycles. The van der Waals surface area contributed by atoms with Gasteiger partial charge in [0.1, 0.15) is 16.8 Å². The van der Waals surface area contributed by atoms with Crippen molar-refractivity contribution >= 4 is 38.3 Å². The van der Waals surface area contributed by atoms with Crippen molar-refractivity contribution in [1.82, 2.24) is 19.9 Å². The molecule has 0 unspecified atom stereocenters. The van der Waals surface area contributed by atoms with Crippen molar-refractivity contribution < 1.29 is 22.0 Å². The van der Waals surface area contributed by atoms with Gasteiger partial charge in [-0.25, -0.2) is 18.9 Å². The fourth-order valence-electron chi connectivity index (χ4n) is 3.01. The van der Waals surface area contributed by atoms with Gasteiger partial charge in [-0.2, -0.15) is 8.42 Å². The summed E-state index contributed by atoms with van der Waals surface area (Å²) < 4.78 is 53.2. The molecule has 0 radical (unpaired) electrons. The summed E-state index contributed by atoms with van der Waals surface area (Å²) in [6.45, 7) is 1.73. The summed E-state index contributed by atoms with van der Waals surface area (Å²) in [6, 6.07) is 6.35. The summed E-state index contributed by atoms with van der Waals surface area (Å²) in [6.07, 6.45) is 1.14. The molecule has 3 aromatic heterocycles. The predicted octanol–water partition coefficient (Wildman–Crippen LogP) is 2.75. The number of fused-ring (bicyclic) bond motifs is 1. The van der Waals surface area contributed by atoms with Crippen LogP contribution < -0.4 is 19.8 Å². The number of halogens is 1. The van der Waals surface area contributed by atoms with Gasteiger partial charge >= 0.3 is 5.63 Å². The average Bonchev–Trinajstić information content (AvgIpc) is 3.26. The lowest BCUT2D eigenvalue weighted by Crippen LogP contribution is -2.27. The number of nitrogens with one attached hydrogen (secondary N) is 2. The lowest BCUT2D eigenvalue weighted by Gasteiger charge is -2.11.